The maximum absolute atomic E-state index is 9.11. The van der Waals surface area contributed by atoms with Crippen LogP contribution < -0.4 is 0 Å². The van der Waals surface area contributed by atoms with Crippen molar-refractivity contribution < 1.29 is 5.11 Å². The van der Waals surface area contributed by atoms with Crippen molar-refractivity contribution in [2.45, 2.75) is 25.7 Å². The van der Waals surface area contributed by atoms with Crippen molar-refractivity contribution in [1.82, 2.24) is 4.98 Å². The number of benzene rings is 1. The van der Waals surface area contributed by atoms with Gasteiger partial charge in [0.05, 0.1) is 5.51 Å². The molecule has 2 aromatic rings. The summed E-state index contributed by atoms with van der Waals surface area (Å²) in [6.45, 7) is 2.41. The van der Waals surface area contributed by atoms with Crippen LogP contribution in [-0.4, -0.2) is 16.7 Å². The van der Waals surface area contributed by atoms with Crippen LogP contribution in [0, 0.1) is 0 Å². The minimum atomic E-state index is 0.262. The molecule has 1 unspecified atom stereocenters. The summed E-state index contributed by atoms with van der Waals surface area (Å²) in [5, 5.41) is 11.0. The first-order valence-corrected chi connectivity index (χ1v) is 6.80. The smallest absolute Gasteiger partial charge is 0.0791 e. The molecule has 0 aliphatic carbocycles. The predicted octanol–water partition coefficient (Wildman–Crippen LogP) is 3.71. The minimum Gasteiger partial charge on any atom is -0.396 e. The molecule has 0 fully saturated rings. The van der Waals surface area contributed by atoms with Crippen LogP contribution in [0.1, 0.15) is 31.2 Å². The Morgan fingerprint density at radius 3 is 2.47 bits per heavy atom. The fraction of sp³-hybridized carbons (Fsp3) is 0.357. The summed E-state index contributed by atoms with van der Waals surface area (Å²) in [5.41, 5.74) is 3.04. The van der Waals surface area contributed by atoms with Crippen molar-refractivity contribution in [3.05, 3.63) is 53.0 Å². The Bertz CT molecular complexity index is 344. The summed E-state index contributed by atoms with van der Waals surface area (Å²) in [6.07, 6.45) is 3.96. The van der Waals surface area contributed by atoms with Gasteiger partial charge in [-0.15, -0.1) is 11.3 Å². The van der Waals surface area contributed by atoms with Crippen LogP contribution in [0.15, 0.2) is 47.4 Å². The largest absolute Gasteiger partial charge is 0.396 e. The number of hydrogen-bond acceptors (Lipinski definition) is 3. The standard InChI is InChI=1S/C11H16O.C3H3NS/c1-2-6-11(9-12)10-7-4-3-5-8-10;1-2-5-3-4-1/h3-5,7-8,11-12H,2,6,9H2,1H3;1-3H. The van der Waals surface area contributed by atoms with Gasteiger partial charge in [0, 0.05) is 24.1 Å². The number of aromatic nitrogens is 1. The third-order valence-electron chi connectivity index (χ3n) is 2.48. The van der Waals surface area contributed by atoms with Crippen LogP contribution >= 0.6 is 11.3 Å². The maximum Gasteiger partial charge on any atom is 0.0791 e. The SMILES string of the molecule is CCCC(CO)c1ccccc1.c1cscn1. The van der Waals surface area contributed by atoms with E-state index in [-0.39, 0.29) is 6.61 Å². The summed E-state index contributed by atoms with van der Waals surface area (Å²) in [7, 11) is 0. The molecular weight excluding hydrogens is 230 g/mol. The van der Waals surface area contributed by atoms with Crippen LogP contribution in [-0.2, 0) is 0 Å². The van der Waals surface area contributed by atoms with Gasteiger partial charge in [0.15, 0.2) is 0 Å². The normalized spacial score (nSPS) is 11.4. The van der Waals surface area contributed by atoms with Gasteiger partial charge in [0.1, 0.15) is 0 Å². The van der Waals surface area contributed by atoms with E-state index < -0.39 is 0 Å². The van der Waals surface area contributed by atoms with E-state index in [2.05, 4.69) is 24.0 Å². The molecule has 3 heteroatoms. The summed E-state index contributed by atoms with van der Waals surface area (Å²) >= 11 is 1.60. The number of rotatable bonds is 4. The van der Waals surface area contributed by atoms with Crippen molar-refractivity contribution in [3.8, 4) is 0 Å². The Labute approximate surface area is 107 Å². The monoisotopic (exact) mass is 249 g/mol. The molecule has 1 atom stereocenters. The second-order valence-electron chi connectivity index (χ2n) is 3.75. The van der Waals surface area contributed by atoms with Gasteiger partial charge >= 0.3 is 0 Å². The number of aliphatic hydroxyl groups is 1. The zero-order chi connectivity index (χ0) is 12.3. The van der Waals surface area contributed by atoms with Gasteiger partial charge in [-0.25, -0.2) is 0 Å². The number of nitrogens with zero attached hydrogens (tertiary/aromatic N) is 1. The molecule has 0 spiro atoms. The average Bonchev–Trinajstić information content (AvgIpc) is 2.96. The molecule has 2 rings (SSSR count). The maximum atomic E-state index is 9.11. The molecule has 0 amide bonds. The van der Waals surface area contributed by atoms with Crippen LogP contribution in [0.3, 0.4) is 0 Å². The second kappa shape index (κ2) is 8.90. The molecule has 0 saturated heterocycles. The first-order valence-electron chi connectivity index (χ1n) is 5.86. The molecule has 1 heterocycles. The first kappa shape index (κ1) is 13.9. The molecule has 0 radical (unpaired) electrons. The van der Waals surface area contributed by atoms with E-state index in [1.54, 1.807) is 23.0 Å². The van der Waals surface area contributed by atoms with Gasteiger partial charge < -0.3 is 5.11 Å². The molecule has 0 saturated carbocycles. The highest BCUT2D eigenvalue weighted by Crippen LogP contribution is 2.19. The topological polar surface area (TPSA) is 33.1 Å². The van der Waals surface area contributed by atoms with E-state index in [4.69, 9.17) is 5.11 Å². The highest BCUT2D eigenvalue weighted by Gasteiger charge is 2.07. The summed E-state index contributed by atoms with van der Waals surface area (Å²) < 4.78 is 0. The summed E-state index contributed by atoms with van der Waals surface area (Å²) in [6, 6.07) is 10.2. The van der Waals surface area contributed by atoms with E-state index in [1.807, 2.05) is 23.6 Å². The summed E-state index contributed by atoms with van der Waals surface area (Å²) in [4.78, 5) is 3.74. The van der Waals surface area contributed by atoms with Crippen molar-refractivity contribution in [2.75, 3.05) is 6.61 Å². The van der Waals surface area contributed by atoms with Gasteiger partial charge in [-0.1, -0.05) is 43.7 Å². The molecule has 92 valence electrons. The van der Waals surface area contributed by atoms with Gasteiger partial charge in [-0.2, -0.15) is 0 Å². The highest BCUT2D eigenvalue weighted by atomic mass is 32.1. The fourth-order valence-corrected chi connectivity index (χ4v) is 1.96. The average molecular weight is 249 g/mol. The van der Waals surface area contributed by atoms with Gasteiger partial charge in [0.25, 0.3) is 0 Å². The Balaban J connectivity index is 0.000000239. The Morgan fingerprint density at radius 2 is 2.06 bits per heavy atom. The lowest BCUT2D eigenvalue weighted by Crippen LogP contribution is -2.02. The van der Waals surface area contributed by atoms with E-state index in [1.165, 1.54) is 5.56 Å². The van der Waals surface area contributed by atoms with Crippen molar-refractivity contribution in [2.24, 2.45) is 0 Å². The van der Waals surface area contributed by atoms with E-state index in [0.29, 0.717) is 5.92 Å². The van der Waals surface area contributed by atoms with Crippen LogP contribution in [0.2, 0.25) is 0 Å². The van der Waals surface area contributed by atoms with E-state index >= 15 is 0 Å². The second-order valence-corrected chi connectivity index (χ2v) is 4.51. The van der Waals surface area contributed by atoms with Gasteiger partial charge in [0.2, 0.25) is 0 Å². The third kappa shape index (κ3) is 5.61. The first-order chi connectivity index (χ1) is 8.38. The van der Waals surface area contributed by atoms with Crippen molar-refractivity contribution in [3.63, 3.8) is 0 Å². The minimum absolute atomic E-state index is 0.262. The molecule has 0 aliphatic heterocycles. The van der Waals surface area contributed by atoms with Crippen LogP contribution in [0.4, 0.5) is 0 Å². The third-order valence-corrected chi connectivity index (χ3v) is 3.00. The lowest BCUT2D eigenvalue weighted by Gasteiger charge is -2.12. The Kier molecular flexibility index (Phi) is 7.27. The van der Waals surface area contributed by atoms with Crippen LogP contribution in [0.25, 0.3) is 0 Å². The number of thiazole rings is 1. The number of hydrogen-bond donors (Lipinski definition) is 1. The zero-order valence-corrected chi connectivity index (χ0v) is 10.9. The molecule has 0 bridgehead atoms. The molecular formula is C14H19NOS. The van der Waals surface area contributed by atoms with Gasteiger partial charge in [-0.05, 0) is 12.0 Å². The number of aliphatic hydroxyl groups excluding tert-OH is 1. The zero-order valence-electron chi connectivity index (χ0n) is 10.1. The highest BCUT2D eigenvalue weighted by molar-refractivity contribution is 7.07. The summed E-state index contributed by atoms with van der Waals surface area (Å²) in [5.74, 6) is 0.330. The fourth-order valence-electron chi connectivity index (χ4n) is 1.61. The molecule has 1 aromatic heterocycles. The van der Waals surface area contributed by atoms with E-state index in [0.717, 1.165) is 12.8 Å². The molecule has 0 aliphatic rings. The lowest BCUT2D eigenvalue weighted by atomic mass is 9.96. The van der Waals surface area contributed by atoms with Crippen LogP contribution in [0.5, 0.6) is 0 Å². The molecule has 1 aromatic carbocycles. The molecule has 17 heavy (non-hydrogen) atoms. The Morgan fingerprint density at radius 1 is 1.29 bits per heavy atom. The lowest BCUT2D eigenvalue weighted by molar-refractivity contribution is 0.258. The molecule has 2 nitrogen and oxygen atoms in total. The predicted molar refractivity (Wildman–Crippen MR) is 73.3 cm³/mol. The Hall–Kier alpha value is -1.19. The van der Waals surface area contributed by atoms with Crippen molar-refractivity contribution in [1.29, 1.82) is 0 Å². The quantitative estimate of drug-likeness (QED) is 0.896. The van der Waals surface area contributed by atoms with E-state index in [9.17, 15) is 0 Å². The van der Waals surface area contributed by atoms with Crippen molar-refractivity contribution >= 4 is 11.3 Å². The molecule has 1 N–H and O–H groups in total. The van der Waals surface area contributed by atoms with Gasteiger partial charge in [-0.3, -0.25) is 4.98 Å².